The molecular weight excluding hydrogens is 334 g/mol. The second kappa shape index (κ2) is 8.12. The maximum Gasteiger partial charge on any atom is 0.309 e. The lowest BCUT2D eigenvalue weighted by atomic mass is 9.73. The maximum absolute atomic E-state index is 12.4. The molecule has 8 heteroatoms. The summed E-state index contributed by atoms with van der Waals surface area (Å²) >= 11 is 0. The van der Waals surface area contributed by atoms with Gasteiger partial charge in [-0.25, -0.2) is 8.42 Å². The number of ether oxygens (including phenoxy) is 2. The van der Waals surface area contributed by atoms with E-state index in [9.17, 15) is 17.8 Å². The summed E-state index contributed by atoms with van der Waals surface area (Å²) in [5.74, 6) is -1.24. The van der Waals surface area contributed by atoms with Crippen molar-refractivity contribution in [3.63, 3.8) is 0 Å². The van der Waals surface area contributed by atoms with Gasteiger partial charge in [-0.1, -0.05) is 13.8 Å². The van der Waals surface area contributed by atoms with Gasteiger partial charge in [-0.2, -0.15) is 0 Å². The number of carbonyl (C=O) groups excluding carboxylic acids is 1. The van der Waals surface area contributed by atoms with Gasteiger partial charge in [0.05, 0.1) is 35.0 Å². The quantitative estimate of drug-likeness (QED) is 0.513. The average Bonchev–Trinajstić information content (AvgIpc) is 2.46. The molecule has 140 valence electrons. The molecule has 7 nitrogen and oxygen atoms in total. The molecule has 0 amide bonds. The fourth-order valence-electron chi connectivity index (χ4n) is 3.32. The minimum absolute atomic E-state index is 0.195. The standard InChI is InChI=1S/C16H29NO6S/c1-16(2)5-3-13(4-6-16)15(18)23-14(12-24(19,20)21)11-17-7-9-22-10-8-17/h13-14H,3-12H2,1-2H3,(H,19,20,21)/p-1. The topological polar surface area (TPSA) is 96.0 Å². The van der Waals surface area contributed by atoms with Gasteiger partial charge in [0.1, 0.15) is 6.10 Å². The van der Waals surface area contributed by atoms with Crippen molar-refractivity contribution in [1.82, 2.24) is 4.90 Å². The van der Waals surface area contributed by atoms with E-state index in [2.05, 4.69) is 13.8 Å². The first-order chi connectivity index (χ1) is 11.1. The van der Waals surface area contributed by atoms with E-state index in [0.717, 1.165) is 25.7 Å². The molecule has 2 aliphatic rings. The molecule has 0 N–H and O–H groups in total. The molecule has 0 spiro atoms. The molecule has 0 aromatic carbocycles. The molecule has 1 heterocycles. The van der Waals surface area contributed by atoms with Gasteiger partial charge in [0, 0.05) is 19.6 Å². The van der Waals surface area contributed by atoms with Crippen molar-refractivity contribution >= 4 is 16.1 Å². The summed E-state index contributed by atoms with van der Waals surface area (Å²) in [7, 11) is -4.45. The van der Waals surface area contributed by atoms with E-state index in [4.69, 9.17) is 9.47 Å². The molecule has 1 atom stereocenters. The lowest BCUT2D eigenvalue weighted by Crippen LogP contribution is -2.45. The number of rotatable bonds is 6. The van der Waals surface area contributed by atoms with E-state index < -0.39 is 22.0 Å². The highest BCUT2D eigenvalue weighted by molar-refractivity contribution is 7.85. The SMILES string of the molecule is CC1(C)CCC(C(=O)OC(CN2CCOCC2)CS(=O)(=O)[O-])CC1. The van der Waals surface area contributed by atoms with Crippen LogP contribution in [0.2, 0.25) is 0 Å². The molecule has 1 saturated heterocycles. The average molecular weight is 362 g/mol. The summed E-state index contributed by atoms with van der Waals surface area (Å²) in [6.07, 6.45) is 2.48. The summed E-state index contributed by atoms with van der Waals surface area (Å²) in [5.41, 5.74) is 0.238. The summed E-state index contributed by atoms with van der Waals surface area (Å²) in [6.45, 7) is 7.02. The lowest BCUT2D eigenvalue weighted by Gasteiger charge is -2.35. The number of carbonyl (C=O) groups is 1. The zero-order chi connectivity index (χ0) is 17.8. The fourth-order valence-corrected chi connectivity index (χ4v) is 3.95. The monoisotopic (exact) mass is 362 g/mol. The Morgan fingerprint density at radius 3 is 2.42 bits per heavy atom. The molecule has 1 unspecified atom stereocenters. The molecular formula is C16H28NO6S-. The van der Waals surface area contributed by atoms with Crippen LogP contribution in [0.25, 0.3) is 0 Å². The minimum Gasteiger partial charge on any atom is -0.748 e. The van der Waals surface area contributed by atoms with E-state index in [1.165, 1.54) is 0 Å². The Hall–Kier alpha value is -0.700. The first-order valence-electron chi connectivity index (χ1n) is 8.59. The first-order valence-corrected chi connectivity index (χ1v) is 10.2. The van der Waals surface area contributed by atoms with Crippen molar-refractivity contribution in [2.45, 2.75) is 45.6 Å². The van der Waals surface area contributed by atoms with E-state index >= 15 is 0 Å². The van der Waals surface area contributed by atoms with Crippen molar-refractivity contribution in [2.24, 2.45) is 11.3 Å². The van der Waals surface area contributed by atoms with Crippen LogP contribution < -0.4 is 0 Å². The Bertz CT molecular complexity index is 517. The molecule has 1 aliphatic carbocycles. The van der Waals surface area contributed by atoms with E-state index in [-0.39, 0.29) is 23.8 Å². The minimum atomic E-state index is -4.45. The zero-order valence-corrected chi connectivity index (χ0v) is 15.3. The number of nitrogens with zero attached hydrogens (tertiary/aromatic N) is 1. The molecule has 1 saturated carbocycles. The number of hydrogen-bond acceptors (Lipinski definition) is 7. The third-order valence-corrected chi connectivity index (χ3v) is 5.69. The third-order valence-electron chi connectivity index (χ3n) is 4.91. The van der Waals surface area contributed by atoms with Crippen molar-refractivity contribution in [3.8, 4) is 0 Å². The number of hydrogen-bond donors (Lipinski definition) is 0. The van der Waals surface area contributed by atoms with Crippen LogP contribution >= 0.6 is 0 Å². The highest BCUT2D eigenvalue weighted by Gasteiger charge is 2.33. The van der Waals surface area contributed by atoms with Gasteiger partial charge in [0.2, 0.25) is 0 Å². The van der Waals surface area contributed by atoms with Crippen LogP contribution in [0.3, 0.4) is 0 Å². The van der Waals surface area contributed by atoms with Crippen LogP contribution in [0.15, 0.2) is 0 Å². The van der Waals surface area contributed by atoms with Crippen molar-refractivity contribution < 1.29 is 27.2 Å². The Morgan fingerprint density at radius 1 is 1.29 bits per heavy atom. The largest absolute Gasteiger partial charge is 0.748 e. The lowest BCUT2D eigenvalue weighted by molar-refractivity contribution is -0.156. The molecule has 2 rings (SSSR count). The van der Waals surface area contributed by atoms with Gasteiger partial charge in [-0.15, -0.1) is 0 Å². The van der Waals surface area contributed by atoms with Crippen molar-refractivity contribution in [1.29, 1.82) is 0 Å². The van der Waals surface area contributed by atoms with E-state index in [1.54, 1.807) is 0 Å². The zero-order valence-electron chi connectivity index (χ0n) is 14.5. The van der Waals surface area contributed by atoms with Gasteiger partial charge in [0.25, 0.3) is 0 Å². The Morgan fingerprint density at radius 2 is 1.88 bits per heavy atom. The van der Waals surface area contributed by atoms with E-state index in [1.807, 2.05) is 4.90 Å². The summed E-state index contributed by atoms with van der Waals surface area (Å²) < 4.78 is 44.1. The van der Waals surface area contributed by atoms with Crippen LogP contribution in [0.4, 0.5) is 0 Å². The van der Waals surface area contributed by atoms with Gasteiger partial charge in [-0.3, -0.25) is 9.69 Å². The van der Waals surface area contributed by atoms with Crippen LogP contribution in [0.1, 0.15) is 39.5 Å². The van der Waals surface area contributed by atoms with Crippen molar-refractivity contribution in [3.05, 3.63) is 0 Å². The first kappa shape index (κ1) is 19.6. The smallest absolute Gasteiger partial charge is 0.309 e. The van der Waals surface area contributed by atoms with Gasteiger partial charge in [0.15, 0.2) is 0 Å². The fraction of sp³-hybridized carbons (Fsp3) is 0.938. The van der Waals surface area contributed by atoms with Gasteiger partial charge in [-0.05, 0) is 31.1 Å². The normalized spacial score (nSPS) is 24.5. The van der Waals surface area contributed by atoms with Gasteiger partial charge >= 0.3 is 5.97 Å². The molecule has 1 aliphatic heterocycles. The number of morpholine rings is 1. The molecule has 2 fully saturated rings. The van der Waals surface area contributed by atoms with Gasteiger partial charge < -0.3 is 14.0 Å². The van der Waals surface area contributed by atoms with Crippen molar-refractivity contribution in [2.75, 3.05) is 38.6 Å². The van der Waals surface area contributed by atoms with E-state index in [0.29, 0.717) is 26.3 Å². The summed E-state index contributed by atoms with van der Waals surface area (Å²) in [5, 5.41) is 0. The highest BCUT2D eigenvalue weighted by atomic mass is 32.2. The molecule has 0 radical (unpaired) electrons. The van der Waals surface area contributed by atoms with Crippen LogP contribution in [-0.2, 0) is 24.4 Å². The molecule has 0 aromatic heterocycles. The van der Waals surface area contributed by atoms with Crippen LogP contribution in [-0.4, -0.2) is 68.5 Å². The Labute approximate surface area is 144 Å². The molecule has 24 heavy (non-hydrogen) atoms. The summed E-state index contributed by atoms with van der Waals surface area (Å²) in [6, 6.07) is 0. The third kappa shape index (κ3) is 6.66. The van der Waals surface area contributed by atoms with Crippen LogP contribution in [0.5, 0.6) is 0 Å². The maximum atomic E-state index is 12.4. The second-order valence-electron chi connectivity index (χ2n) is 7.63. The van der Waals surface area contributed by atoms with Crippen LogP contribution in [0, 0.1) is 11.3 Å². The summed E-state index contributed by atoms with van der Waals surface area (Å²) in [4.78, 5) is 14.4. The highest BCUT2D eigenvalue weighted by Crippen LogP contribution is 2.38. The second-order valence-corrected chi connectivity index (χ2v) is 9.08. The molecule has 0 aromatic rings. The Kier molecular flexibility index (Phi) is 6.64. The predicted octanol–water partition coefficient (Wildman–Crippen LogP) is 0.992. The predicted molar refractivity (Wildman–Crippen MR) is 87.4 cm³/mol. The Balaban J connectivity index is 1.92. The number of esters is 1. The molecule has 0 bridgehead atoms.